The van der Waals surface area contributed by atoms with Crippen LogP contribution in [0, 0.1) is 0 Å². The third-order valence-electron chi connectivity index (χ3n) is 2.66. The summed E-state index contributed by atoms with van der Waals surface area (Å²) in [6.45, 7) is 0.674. The van der Waals surface area contributed by atoms with Crippen LogP contribution < -0.4 is 5.32 Å². The van der Waals surface area contributed by atoms with E-state index in [2.05, 4.69) is 10.3 Å². The summed E-state index contributed by atoms with van der Waals surface area (Å²) < 4.78 is 0. The van der Waals surface area contributed by atoms with E-state index in [0.717, 1.165) is 17.7 Å². The van der Waals surface area contributed by atoms with Gasteiger partial charge in [-0.15, -0.1) is 0 Å². The Morgan fingerprint density at radius 2 is 1.95 bits per heavy atom. The van der Waals surface area contributed by atoms with Crippen LogP contribution in [0.15, 0.2) is 42.6 Å². The Hall–Kier alpha value is -2.56. The van der Waals surface area contributed by atoms with Gasteiger partial charge in [0.2, 0.25) is 0 Å². The quantitative estimate of drug-likeness (QED) is 0.765. The van der Waals surface area contributed by atoms with Gasteiger partial charge in [0.25, 0.3) is 0 Å². The number of rotatable bonds is 5. The predicted octanol–water partition coefficient (Wildman–Crippen LogP) is 2.14. The number of aromatic nitrogens is 1. The fourth-order valence-electron chi connectivity index (χ4n) is 1.67. The summed E-state index contributed by atoms with van der Waals surface area (Å²) in [7, 11) is 0. The van der Waals surface area contributed by atoms with Crippen LogP contribution in [-0.4, -0.2) is 27.7 Å². The van der Waals surface area contributed by atoms with Gasteiger partial charge >= 0.3 is 5.97 Å². The molecule has 0 amide bonds. The van der Waals surface area contributed by atoms with E-state index in [4.69, 9.17) is 10.2 Å². The number of carboxylic acid groups (broad SMARTS) is 1. The Kier molecular flexibility index (Phi) is 3.97. The smallest absolute Gasteiger partial charge is 0.354 e. The van der Waals surface area contributed by atoms with Crippen molar-refractivity contribution in [1.29, 1.82) is 0 Å². The number of hydrogen-bond acceptors (Lipinski definition) is 4. The van der Waals surface area contributed by atoms with Gasteiger partial charge in [0.05, 0.1) is 0 Å². The first-order valence-electron chi connectivity index (χ1n) is 5.86. The minimum atomic E-state index is -1.04. The fraction of sp³-hybridized carbons (Fsp3) is 0.143. The van der Waals surface area contributed by atoms with Gasteiger partial charge in [0, 0.05) is 18.4 Å². The van der Waals surface area contributed by atoms with Crippen LogP contribution >= 0.6 is 0 Å². The van der Waals surface area contributed by atoms with Gasteiger partial charge in [0.1, 0.15) is 11.4 Å². The number of benzene rings is 1. The van der Waals surface area contributed by atoms with Gasteiger partial charge < -0.3 is 15.5 Å². The molecule has 0 spiro atoms. The van der Waals surface area contributed by atoms with Crippen molar-refractivity contribution in [3.05, 3.63) is 53.9 Å². The second-order valence-corrected chi connectivity index (χ2v) is 4.08. The monoisotopic (exact) mass is 258 g/mol. The minimum Gasteiger partial charge on any atom is -0.508 e. The number of aromatic carboxylic acids is 1. The van der Waals surface area contributed by atoms with Crippen molar-refractivity contribution in [2.75, 3.05) is 11.9 Å². The maximum Gasteiger partial charge on any atom is 0.354 e. The van der Waals surface area contributed by atoms with Gasteiger partial charge in [-0.3, -0.25) is 0 Å². The largest absolute Gasteiger partial charge is 0.508 e. The van der Waals surface area contributed by atoms with E-state index in [9.17, 15) is 4.79 Å². The normalized spacial score (nSPS) is 10.1. The minimum absolute atomic E-state index is 0.0228. The molecule has 1 aromatic heterocycles. The maximum atomic E-state index is 10.8. The lowest BCUT2D eigenvalue weighted by atomic mass is 10.1. The number of carbonyl (C=O) groups is 1. The Labute approximate surface area is 110 Å². The first kappa shape index (κ1) is 12.9. The van der Waals surface area contributed by atoms with Gasteiger partial charge in [-0.2, -0.15) is 0 Å². The molecule has 0 saturated heterocycles. The van der Waals surface area contributed by atoms with Gasteiger partial charge in [-0.1, -0.05) is 12.1 Å². The summed E-state index contributed by atoms with van der Waals surface area (Å²) in [5.74, 6) is -0.792. The molecule has 98 valence electrons. The average molecular weight is 258 g/mol. The number of aromatic hydroxyl groups is 1. The maximum absolute atomic E-state index is 10.8. The first-order valence-corrected chi connectivity index (χ1v) is 5.86. The molecule has 1 heterocycles. The molecule has 5 heteroatoms. The standard InChI is InChI=1S/C14H14N2O3/c17-12-3-1-10(2-4-12)5-7-15-11-6-8-16-13(9-11)14(18)19/h1-4,6,8-9,17H,5,7H2,(H,15,16)(H,18,19). The fourth-order valence-corrected chi connectivity index (χ4v) is 1.67. The van der Waals surface area contributed by atoms with E-state index in [-0.39, 0.29) is 11.4 Å². The molecule has 0 aliphatic heterocycles. The molecule has 0 saturated carbocycles. The number of carboxylic acids is 1. The second-order valence-electron chi connectivity index (χ2n) is 4.08. The zero-order valence-electron chi connectivity index (χ0n) is 10.2. The van der Waals surface area contributed by atoms with E-state index in [0.29, 0.717) is 6.54 Å². The van der Waals surface area contributed by atoms with Crippen LogP contribution in [0.1, 0.15) is 16.1 Å². The molecule has 0 aliphatic carbocycles. The van der Waals surface area contributed by atoms with E-state index in [1.54, 1.807) is 18.2 Å². The molecule has 3 N–H and O–H groups in total. The highest BCUT2D eigenvalue weighted by atomic mass is 16.4. The van der Waals surface area contributed by atoms with Gasteiger partial charge in [0.15, 0.2) is 0 Å². The highest BCUT2D eigenvalue weighted by Crippen LogP contribution is 2.11. The van der Waals surface area contributed by atoms with Crippen molar-refractivity contribution < 1.29 is 15.0 Å². The Morgan fingerprint density at radius 1 is 1.21 bits per heavy atom. The molecule has 2 rings (SSSR count). The number of nitrogens with zero attached hydrogens (tertiary/aromatic N) is 1. The molecule has 0 atom stereocenters. The Morgan fingerprint density at radius 3 is 2.63 bits per heavy atom. The molecule has 1 aromatic carbocycles. The van der Waals surface area contributed by atoms with E-state index in [1.165, 1.54) is 12.3 Å². The lowest BCUT2D eigenvalue weighted by molar-refractivity contribution is 0.0690. The molecule has 0 bridgehead atoms. The number of phenols is 1. The van der Waals surface area contributed by atoms with Crippen molar-refractivity contribution in [3.8, 4) is 5.75 Å². The van der Waals surface area contributed by atoms with Crippen molar-refractivity contribution in [2.24, 2.45) is 0 Å². The van der Waals surface area contributed by atoms with Crippen molar-refractivity contribution >= 4 is 11.7 Å². The van der Waals surface area contributed by atoms with Gasteiger partial charge in [-0.25, -0.2) is 9.78 Å². The second kappa shape index (κ2) is 5.86. The van der Waals surface area contributed by atoms with Crippen molar-refractivity contribution in [3.63, 3.8) is 0 Å². The topological polar surface area (TPSA) is 82.5 Å². The number of anilines is 1. The van der Waals surface area contributed by atoms with Crippen LogP contribution in [-0.2, 0) is 6.42 Å². The zero-order valence-corrected chi connectivity index (χ0v) is 10.2. The highest BCUT2D eigenvalue weighted by molar-refractivity contribution is 5.86. The predicted molar refractivity (Wildman–Crippen MR) is 71.5 cm³/mol. The SMILES string of the molecule is O=C(O)c1cc(NCCc2ccc(O)cc2)ccn1. The number of hydrogen-bond donors (Lipinski definition) is 3. The summed E-state index contributed by atoms with van der Waals surface area (Å²) in [6.07, 6.45) is 2.25. The molecule has 0 radical (unpaired) electrons. The lowest BCUT2D eigenvalue weighted by Gasteiger charge is -2.07. The number of nitrogens with one attached hydrogen (secondary N) is 1. The van der Waals surface area contributed by atoms with Crippen LogP contribution in [0.4, 0.5) is 5.69 Å². The molecular weight excluding hydrogens is 244 g/mol. The van der Waals surface area contributed by atoms with Crippen LogP contribution in [0.5, 0.6) is 5.75 Å². The van der Waals surface area contributed by atoms with Crippen molar-refractivity contribution in [1.82, 2.24) is 4.98 Å². The van der Waals surface area contributed by atoms with Crippen LogP contribution in [0.3, 0.4) is 0 Å². The molecular formula is C14H14N2O3. The summed E-state index contributed by atoms with van der Waals surface area (Å²) in [5, 5.41) is 21.1. The van der Waals surface area contributed by atoms with Gasteiger partial charge in [-0.05, 0) is 36.2 Å². The Balaban J connectivity index is 1.90. The van der Waals surface area contributed by atoms with Crippen LogP contribution in [0.2, 0.25) is 0 Å². The molecule has 2 aromatic rings. The first-order chi connectivity index (χ1) is 9.15. The molecule has 19 heavy (non-hydrogen) atoms. The Bertz CT molecular complexity index is 567. The third-order valence-corrected chi connectivity index (χ3v) is 2.66. The molecule has 5 nitrogen and oxygen atoms in total. The van der Waals surface area contributed by atoms with E-state index in [1.807, 2.05) is 12.1 Å². The van der Waals surface area contributed by atoms with Crippen LogP contribution in [0.25, 0.3) is 0 Å². The highest BCUT2D eigenvalue weighted by Gasteiger charge is 2.04. The average Bonchev–Trinajstić information content (AvgIpc) is 2.41. The summed E-state index contributed by atoms with van der Waals surface area (Å²) >= 11 is 0. The number of phenolic OH excluding ortho intramolecular Hbond substituents is 1. The summed E-state index contributed by atoms with van der Waals surface area (Å²) in [6, 6.07) is 10.2. The summed E-state index contributed by atoms with van der Waals surface area (Å²) in [4.78, 5) is 14.5. The van der Waals surface area contributed by atoms with Crippen molar-refractivity contribution in [2.45, 2.75) is 6.42 Å². The third kappa shape index (κ3) is 3.70. The van der Waals surface area contributed by atoms with E-state index >= 15 is 0 Å². The number of pyridine rings is 1. The molecule has 0 unspecified atom stereocenters. The van der Waals surface area contributed by atoms with E-state index < -0.39 is 5.97 Å². The zero-order chi connectivity index (χ0) is 13.7. The molecule has 0 fully saturated rings. The summed E-state index contributed by atoms with van der Waals surface area (Å²) in [5.41, 5.74) is 1.85. The molecule has 0 aliphatic rings. The lowest BCUT2D eigenvalue weighted by Crippen LogP contribution is -2.07.